The maximum absolute atomic E-state index is 11.3. The van der Waals surface area contributed by atoms with Crippen molar-refractivity contribution in [2.75, 3.05) is 6.26 Å². The van der Waals surface area contributed by atoms with Crippen molar-refractivity contribution < 1.29 is 13.2 Å². The van der Waals surface area contributed by atoms with Gasteiger partial charge in [0.1, 0.15) is 10.8 Å². The molecule has 106 valence electrons. The van der Waals surface area contributed by atoms with Crippen LogP contribution in [0.1, 0.15) is 5.56 Å². The zero-order chi connectivity index (χ0) is 14.8. The van der Waals surface area contributed by atoms with Gasteiger partial charge in [0.25, 0.3) is 0 Å². The van der Waals surface area contributed by atoms with Gasteiger partial charge in [-0.05, 0) is 35.9 Å². The van der Waals surface area contributed by atoms with E-state index in [2.05, 4.69) is 4.98 Å². The van der Waals surface area contributed by atoms with Gasteiger partial charge in [-0.1, -0.05) is 11.6 Å². The summed E-state index contributed by atoms with van der Waals surface area (Å²) in [5, 5.41) is 0.347. The molecule has 0 aliphatic carbocycles. The molecule has 2 N–H and O–H groups in total. The predicted octanol–water partition coefficient (Wildman–Crippen LogP) is 2.39. The Morgan fingerprint density at radius 1 is 1.30 bits per heavy atom. The molecule has 2 rings (SSSR count). The third-order valence-corrected chi connectivity index (χ3v) is 3.97. The van der Waals surface area contributed by atoms with Crippen LogP contribution in [0.25, 0.3) is 0 Å². The van der Waals surface area contributed by atoms with Crippen LogP contribution in [0.3, 0.4) is 0 Å². The van der Waals surface area contributed by atoms with Crippen LogP contribution < -0.4 is 10.5 Å². The van der Waals surface area contributed by atoms with E-state index in [1.165, 1.54) is 12.1 Å². The minimum atomic E-state index is -3.22. The Morgan fingerprint density at radius 3 is 2.45 bits per heavy atom. The molecule has 1 aromatic carbocycles. The van der Waals surface area contributed by atoms with Gasteiger partial charge in [-0.2, -0.15) is 0 Å². The first-order valence-corrected chi connectivity index (χ1v) is 7.99. The summed E-state index contributed by atoms with van der Waals surface area (Å²) in [6, 6.07) is 7.70. The molecule has 0 saturated heterocycles. The molecule has 0 aliphatic heterocycles. The van der Waals surface area contributed by atoms with Crippen molar-refractivity contribution in [1.82, 2.24) is 4.98 Å². The van der Waals surface area contributed by atoms with Crippen LogP contribution in [0.5, 0.6) is 11.6 Å². The summed E-state index contributed by atoms with van der Waals surface area (Å²) in [6.07, 6.45) is 2.72. The number of pyridine rings is 1. The highest BCUT2D eigenvalue weighted by Gasteiger charge is 2.09. The third kappa shape index (κ3) is 3.47. The first kappa shape index (κ1) is 14.8. The molecule has 0 fully saturated rings. The van der Waals surface area contributed by atoms with Gasteiger partial charge in [0.05, 0.1) is 4.90 Å². The molecule has 0 radical (unpaired) electrons. The molecule has 0 unspecified atom stereocenters. The molecule has 0 spiro atoms. The van der Waals surface area contributed by atoms with Gasteiger partial charge in [-0.3, -0.25) is 0 Å². The Kier molecular flexibility index (Phi) is 4.27. The van der Waals surface area contributed by atoms with E-state index in [1.54, 1.807) is 24.4 Å². The Morgan fingerprint density at radius 2 is 1.95 bits per heavy atom. The lowest BCUT2D eigenvalue weighted by molar-refractivity contribution is 0.462. The summed E-state index contributed by atoms with van der Waals surface area (Å²) >= 11 is 6.02. The van der Waals surface area contributed by atoms with Gasteiger partial charge in [0, 0.05) is 19.0 Å². The number of halogens is 1. The molecule has 0 atom stereocenters. The second-order valence-electron chi connectivity index (χ2n) is 4.18. The van der Waals surface area contributed by atoms with E-state index in [0.29, 0.717) is 17.3 Å². The van der Waals surface area contributed by atoms with E-state index in [1.807, 2.05) is 0 Å². The van der Waals surface area contributed by atoms with E-state index in [0.717, 1.165) is 11.8 Å². The maximum Gasteiger partial charge on any atom is 0.238 e. The normalized spacial score (nSPS) is 11.3. The number of rotatable bonds is 4. The molecule has 0 saturated carbocycles. The Hall–Kier alpha value is -1.63. The summed E-state index contributed by atoms with van der Waals surface area (Å²) in [6.45, 7) is 0.343. The van der Waals surface area contributed by atoms with Gasteiger partial charge >= 0.3 is 0 Å². The Balaban J connectivity index is 2.22. The van der Waals surface area contributed by atoms with Crippen molar-refractivity contribution >= 4 is 21.4 Å². The highest BCUT2D eigenvalue weighted by Crippen LogP contribution is 2.28. The second-order valence-corrected chi connectivity index (χ2v) is 6.60. The lowest BCUT2D eigenvalue weighted by atomic mass is 10.3. The zero-order valence-electron chi connectivity index (χ0n) is 10.7. The number of aromatic nitrogens is 1. The molecule has 7 heteroatoms. The van der Waals surface area contributed by atoms with Crippen LogP contribution in [-0.4, -0.2) is 19.7 Å². The summed E-state index contributed by atoms with van der Waals surface area (Å²) in [5.41, 5.74) is 6.28. The van der Waals surface area contributed by atoms with Gasteiger partial charge < -0.3 is 10.5 Å². The van der Waals surface area contributed by atoms with Crippen LogP contribution in [-0.2, 0) is 16.4 Å². The average Bonchev–Trinajstić information content (AvgIpc) is 2.40. The first-order valence-electron chi connectivity index (χ1n) is 5.72. The first-order chi connectivity index (χ1) is 9.40. The molecule has 1 heterocycles. The van der Waals surface area contributed by atoms with Crippen molar-refractivity contribution in [1.29, 1.82) is 0 Å². The molecule has 20 heavy (non-hydrogen) atoms. The zero-order valence-corrected chi connectivity index (χ0v) is 12.3. The fourth-order valence-corrected chi connectivity index (χ4v) is 2.38. The quantitative estimate of drug-likeness (QED) is 0.937. The number of benzene rings is 1. The summed E-state index contributed by atoms with van der Waals surface area (Å²) in [4.78, 5) is 4.29. The fraction of sp³-hybridized carbons (Fsp3) is 0.154. The number of hydrogen-bond donors (Lipinski definition) is 1. The summed E-state index contributed by atoms with van der Waals surface area (Å²) < 4.78 is 28.2. The highest BCUT2D eigenvalue weighted by atomic mass is 35.5. The SMILES string of the molecule is CS(=O)(=O)c1ccc(Oc2ncc(CN)cc2Cl)cc1. The van der Waals surface area contributed by atoms with Crippen LogP contribution in [0.15, 0.2) is 41.4 Å². The average molecular weight is 313 g/mol. The van der Waals surface area contributed by atoms with Crippen LogP contribution in [0, 0.1) is 0 Å². The molecule has 1 aromatic heterocycles. The number of sulfone groups is 1. The van der Waals surface area contributed by atoms with Crippen molar-refractivity contribution in [3.05, 3.63) is 47.1 Å². The van der Waals surface area contributed by atoms with E-state index >= 15 is 0 Å². The molecule has 0 aliphatic rings. The molecule has 0 bridgehead atoms. The highest BCUT2D eigenvalue weighted by molar-refractivity contribution is 7.90. The molecule has 5 nitrogen and oxygen atoms in total. The lowest BCUT2D eigenvalue weighted by Crippen LogP contribution is -1.99. The largest absolute Gasteiger partial charge is 0.438 e. The van der Waals surface area contributed by atoms with Gasteiger partial charge in [-0.15, -0.1) is 0 Å². The lowest BCUT2D eigenvalue weighted by Gasteiger charge is -2.08. The smallest absolute Gasteiger partial charge is 0.238 e. The van der Waals surface area contributed by atoms with Gasteiger partial charge in [0.2, 0.25) is 5.88 Å². The maximum atomic E-state index is 11.3. The van der Waals surface area contributed by atoms with Gasteiger partial charge in [0.15, 0.2) is 9.84 Å². The molecular weight excluding hydrogens is 300 g/mol. The Bertz CT molecular complexity index is 715. The summed E-state index contributed by atoms with van der Waals surface area (Å²) in [5.74, 6) is 0.697. The number of ether oxygens (including phenoxy) is 1. The van der Waals surface area contributed by atoms with E-state index in [4.69, 9.17) is 22.1 Å². The standard InChI is InChI=1S/C13H13ClN2O3S/c1-20(17,18)11-4-2-10(3-5-11)19-13-12(14)6-9(7-15)8-16-13/h2-6,8H,7,15H2,1H3. The molecule has 0 amide bonds. The van der Waals surface area contributed by atoms with Gasteiger partial charge in [-0.25, -0.2) is 13.4 Å². The third-order valence-electron chi connectivity index (χ3n) is 2.57. The van der Waals surface area contributed by atoms with Crippen LogP contribution >= 0.6 is 11.6 Å². The minimum absolute atomic E-state index is 0.224. The monoisotopic (exact) mass is 312 g/mol. The minimum Gasteiger partial charge on any atom is -0.438 e. The second kappa shape index (κ2) is 5.78. The number of nitrogens with two attached hydrogens (primary N) is 1. The molecular formula is C13H13ClN2O3S. The van der Waals surface area contributed by atoms with E-state index in [9.17, 15) is 8.42 Å². The summed E-state index contributed by atoms with van der Waals surface area (Å²) in [7, 11) is -3.22. The van der Waals surface area contributed by atoms with Crippen molar-refractivity contribution in [3.63, 3.8) is 0 Å². The Labute approximate surface area is 122 Å². The predicted molar refractivity (Wildman–Crippen MR) is 76.8 cm³/mol. The van der Waals surface area contributed by atoms with Crippen molar-refractivity contribution in [3.8, 4) is 11.6 Å². The number of nitrogens with zero attached hydrogens (tertiary/aromatic N) is 1. The number of hydrogen-bond acceptors (Lipinski definition) is 5. The van der Waals surface area contributed by atoms with Crippen molar-refractivity contribution in [2.24, 2.45) is 5.73 Å². The van der Waals surface area contributed by atoms with E-state index in [-0.39, 0.29) is 10.8 Å². The van der Waals surface area contributed by atoms with E-state index < -0.39 is 9.84 Å². The van der Waals surface area contributed by atoms with Crippen LogP contribution in [0.2, 0.25) is 5.02 Å². The topological polar surface area (TPSA) is 82.3 Å². The molecule has 2 aromatic rings. The fourth-order valence-electron chi connectivity index (χ4n) is 1.52. The van der Waals surface area contributed by atoms with Crippen LogP contribution in [0.4, 0.5) is 0 Å². The van der Waals surface area contributed by atoms with Crippen molar-refractivity contribution in [2.45, 2.75) is 11.4 Å².